The summed E-state index contributed by atoms with van der Waals surface area (Å²) < 4.78 is 22.9. The highest BCUT2D eigenvalue weighted by atomic mass is 16.5. The number of ether oxygens (including phenoxy) is 4. The van der Waals surface area contributed by atoms with Gasteiger partial charge in [-0.3, -0.25) is 0 Å². The number of hydrogen-bond acceptors (Lipinski definition) is 7. The molecule has 7 heteroatoms. The molecule has 2 saturated carbocycles. The molecule has 0 aliphatic heterocycles. The van der Waals surface area contributed by atoms with Gasteiger partial charge in [-0.1, -0.05) is 45.8 Å². The number of aliphatic hydroxyl groups excluding tert-OH is 1. The molecule has 0 radical (unpaired) electrons. The molecule has 7 nitrogen and oxygen atoms in total. The van der Waals surface area contributed by atoms with E-state index in [-0.39, 0.29) is 36.7 Å². The molecular weight excluding hydrogens is 472 g/mol. The lowest BCUT2D eigenvalue weighted by molar-refractivity contribution is -0.146. The van der Waals surface area contributed by atoms with Crippen LogP contribution in [0, 0.1) is 17.8 Å². The Morgan fingerprint density at radius 2 is 1.38 bits per heavy atom. The Morgan fingerprint density at radius 1 is 0.838 bits per heavy atom. The fraction of sp³-hybridized carbons (Fsp3) is 0.800. The molecule has 0 heterocycles. The summed E-state index contributed by atoms with van der Waals surface area (Å²) in [6.07, 6.45) is 14.6. The van der Waals surface area contributed by atoms with Gasteiger partial charge >= 0.3 is 11.9 Å². The molecular formula is C30H50O7. The minimum absolute atomic E-state index is 0.0111. The second-order valence-electron chi connectivity index (χ2n) is 10.9. The van der Waals surface area contributed by atoms with Crippen molar-refractivity contribution in [3.05, 3.63) is 24.3 Å². The van der Waals surface area contributed by atoms with Crippen molar-refractivity contribution in [2.75, 3.05) is 33.0 Å². The maximum atomic E-state index is 12.0. The summed E-state index contributed by atoms with van der Waals surface area (Å²) in [4.78, 5) is 23.9. The van der Waals surface area contributed by atoms with Crippen molar-refractivity contribution >= 4 is 11.9 Å². The minimum atomic E-state index is -0.624. The number of unbranched alkanes of at least 4 members (excludes halogenated alkanes) is 2. The van der Waals surface area contributed by atoms with E-state index in [0.717, 1.165) is 31.6 Å². The van der Waals surface area contributed by atoms with E-state index in [1.54, 1.807) is 6.92 Å². The van der Waals surface area contributed by atoms with E-state index in [0.29, 0.717) is 24.9 Å². The van der Waals surface area contributed by atoms with Gasteiger partial charge in [0.1, 0.15) is 0 Å². The van der Waals surface area contributed by atoms with Crippen LogP contribution in [0.2, 0.25) is 0 Å². The zero-order valence-electron chi connectivity index (χ0n) is 23.2. The highest BCUT2D eigenvalue weighted by Crippen LogP contribution is 2.33. The Labute approximate surface area is 224 Å². The fourth-order valence-electron chi connectivity index (χ4n) is 5.40. The number of carbonyl (C=O) groups is 2. The van der Waals surface area contributed by atoms with Gasteiger partial charge in [0.05, 0.1) is 50.8 Å². The van der Waals surface area contributed by atoms with E-state index < -0.39 is 18.5 Å². The Balaban J connectivity index is 1.66. The SMILES string of the molecule is C=C(C)C(=O)OCC(COC(=O)C(=C)CO)C1CCC(OCCOC2CCC(CCCCC)CC2)CC1. The Kier molecular flexibility index (Phi) is 15.1. The van der Waals surface area contributed by atoms with Crippen LogP contribution in [0.15, 0.2) is 24.3 Å². The van der Waals surface area contributed by atoms with E-state index in [4.69, 9.17) is 24.1 Å². The van der Waals surface area contributed by atoms with Crippen molar-refractivity contribution in [3.63, 3.8) is 0 Å². The van der Waals surface area contributed by atoms with Crippen molar-refractivity contribution in [1.29, 1.82) is 0 Å². The van der Waals surface area contributed by atoms with Gasteiger partial charge in [0.25, 0.3) is 0 Å². The molecule has 2 fully saturated rings. The summed E-state index contributed by atoms with van der Waals surface area (Å²) in [5, 5.41) is 9.09. The Bertz CT molecular complexity index is 703. The van der Waals surface area contributed by atoms with Crippen molar-refractivity contribution in [1.82, 2.24) is 0 Å². The molecule has 2 aliphatic carbocycles. The summed E-state index contributed by atoms with van der Waals surface area (Å²) in [5.74, 6) is -0.0568. The van der Waals surface area contributed by atoms with Gasteiger partial charge in [-0.25, -0.2) is 9.59 Å². The van der Waals surface area contributed by atoms with Crippen LogP contribution in [0.4, 0.5) is 0 Å². The lowest BCUT2D eigenvalue weighted by Crippen LogP contribution is -2.33. The van der Waals surface area contributed by atoms with Crippen molar-refractivity contribution in [3.8, 4) is 0 Å². The summed E-state index contributed by atoms with van der Waals surface area (Å²) in [5.41, 5.74) is 0.348. The highest BCUT2D eigenvalue weighted by Gasteiger charge is 2.30. The van der Waals surface area contributed by atoms with E-state index in [9.17, 15) is 9.59 Å². The van der Waals surface area contributed by atoms with Gasteiger partial charge in [0.15, 0.2) is 0 Å². The normalized spacial score (nSPS) is 24.7. The molecule has 2 rings (SSSR count). The number of hydrogen-bond donors (Lipinski definition) is 1. The number of aliphatic hydroxyl groups is 1. The summed E-state index contributed by atoms with van der Waals surface area (Å²) in [7, 11) is 0. The van der Waals surface area contributed by atoms with Crippen LogP contribution in [-0.4, -0.2) is 62.3 Å². The van der Waals surface area contributed by atoms with Crippen LogP contribution >= 0.6 is 0 Å². The third-order valence-electron chi connectivity index (χ3n) is 7.87. The van der Waals surface area contributed by atoms with E-state index in [2.05, 4.69) is 20.1 Å². The lowest BCUT2D eigenvalue weighted by Gasteiger charge is -2.33. The number of rotatable bonds is 17. The molecule has 0 bridgehead atoms. The first kappa shape index (κ1) is 31.5. The Hall–Kier alpha value is -1.70. The van der Waals surface area contributed by atoms with Crippen LogP contribution in [0.1, 0.15) is 90.9 Å². The molecule has 2 aliphatic rings. The number of carbonyl (C=O) groups excluding carboxylic acids is 2. The summed E-state index contributed by atoms with van der Waals surface area (Å²) in [6.45, 7) is 12.1. The van der Waals surface area contributed by atoms with Crippen LogP contribution < -0.4 is 0 Å². The first-order chi connectivity index (χ1) is 17.8. The average molecular weight is 523 g/mol. The standard InChI is InChI=1S/C30H50O7/c1-5-6-7-8-24-9-13-27(14-10-24)34-17-18-35-28-15-11-25(12-16-28)26(20-36-29(32)22(2)3)21-37-30(33)23(4)19-31/h24-28,31H,2,4-21H2,1,3H3. The maximum absolute atomic E-state index is 12.0. The van der Waals surface area contributed by atoms with E-state index in [1.807, 2.05) is 0 Å². The van der Waals surface area contributed by atoms with Crippen molar-refractivity contribution in [2.45, 2.75) is 103 Å². The predicted octanol–water partition coefficient (Wildman–Crippen LogP) is 5.54. The smallest absolute Gasteiger partial charge is 0.335 e. The quantitative estimate of drug-likeness (QED) is 0.152. The monoisotopic (exact) mass is 522 g/mol. The molecule has 0 amide bonds. The van der Waals surface area contributed by atoms with Gasteiger partial charge in [-0.15, -0.1) is 0 Å². The molecule has 1 N–H and O–H groups in total. The molecule has 0 aromatic carbocycles. The molecule has 37 heavy (non-hydrogen) atoms. The third kappa shape index (κ3) is 12.1. The predicted molar refractivity (Wildman–Crippen MR) is 144 cm³/mol. The van der Waals surface area contributed by atoms with Crippen LogP contribution in [-0.2, 0) is 28.5 Å². The van der Waals surface area contributed by atoms with Crippen molar-refractivity contribution in [2.24, 2.45) is 17.8 Å². The molecule has 0 aromatic heterocycles. The zero-order valence-corrected chi connectivity index (χ0v) is 23.2. The molecule has 1 atom stereocenters. The topological polar surface area (TPSA) is 91.3 Å². The van der Waals surface area contributed by atoms with E-state index >= 15 is 0 Å². The van der Waals surface area contributed by atoms with Gasteiger partial charge in [0.2, 0.25) is 0 Å². The van der Waals surface area contributed by atoms with Crippen LogP contribution in [0.5, 0.6) is 0 Å². The molecule has 0 spiro atoms. The Morgan fingerprint density at radius 3 is 1.89 bits per heavy atom. The highest BCUT2D eigenvalue weighted by molar-refractivity contribution is 5.88. The third-order valence-corrected chi connectivity index (χ3v) is 7.87. The fourth-order valence-corrected chi connectivity index (χ4v) is 5.40. The van der Waals surface area contributed by atoms with Gasteiger partial charge in [-0.2, -0.15) is 0 Å². The van der Waals surface area contributed by atoms with E-state index in [1.165, 1.54) is 51.4 Å². The first-order valence-electron chi connectivity index (χ1n) is 14.4. The molecule has 0 aromatic rings. The summed E-state index contributed by atoms with van der Waals surface area (Å²) in [6, 6.07) is 0. The van der Waals surface area contributed by atoms with Gasteiger partial charge in [0, 0.05) is 11.5 Å². The zero-order chi connectivity index (χ0) is 27.0. The second kappa shape index (κ2) is 17.7. The largest absolute Gasteiger partial charge is 0.462 e. The first-order valence-corrected chi connectivity index (χ1v) is 14.4. The van der Waals surface area contributed by atoms with Crippen LogP contribution in [0.25, 0.3) is 0 Å². The molecule has 0 saturated heterocycles. The van der Waals surface area contributed by atoms with Crippen LogP contribution in [0.3, 0.4) is 0 Å². The van der Waals surface area contributed by atoms with Gasteiger partial charge < -0.3 is 24.1 Å². The summed E-state index contributed by atoms with van der Waals surface area (Å²) >= 11 is 0. The lowest BCUT2D eigenvalue weighted by atomic mass is 9.79. The maximum Gasteiger partial charge on any atom is 0.335 e. The minimum Gasteiger partial charge on any atom is -0.462 e. The van der Waals surface area contributed by atoms with Crippen molar-refractivity contribution < 1.29 is 33.6 Å². The number of esters is 2. The molecule has 1 unspecified atom stereocenters. The average Bonchev–Trinajstić information content (AvgIpc) is 2.91. The molecule has 212 valence electrons. The second-order valence-corrected chi connectivity index (χ2v) is 10.9. The van der Waals surface area contributed by atoms with Gasteiger partial charge in [-0.05, 0) is 70.1 Å².